The van der Waals surface area contributed by atoms with E-state index in [2.05, 4.69) is 49.5 Å². The number of anilines is 1. The van der Waals surface area contributed by atoms with Crippen LogP contribution in [0.4, 0.5) is 10.1 Å². The highest BCUT2D eigenvalue weighted by Crippen LogP contribution is 2.35. The summed E-state index contributed by atoms with van der Waals surface area (Å²) in [6.45, 7) is 4.50. The number of ether oxygens (including phenoxy) is 1. The lowest BCUT2D eigenvalue weighted by Gasteiger charge is -2.28. The molecular weight excluding hydrogens is 361 g/mol. The van der Waals surface area contributed by atoms with Crippen molar-refractivity contribution >= 4 is 5.69 Å². The van der Waals surface area contributed by atoms with Crippen molar-refractivity contribution in [3.8, 4) is 16.9 Å². The molecule has 0 radical (unpaired) electrons. The van der Waals surface area contributed by atoms with E-state index in [0.29, 0.717) is 17.2 Å². The summed E-state index contributed by atoms with van der Waals surface area (Å²) in [5.74, 6) is 1.08. The van der Waals surface area contributed by atoms with Crippen LogP contribution >= 0.6 is 0 Å². The van der Waals surface area contributed by atoms with E-state index in [4.69, 9.17) is 4.74 Å². The zero-order valence-electron chi connectivity index (χ0n) is 17.3. The summed E-state index contributed by atoms with van der Waals surface area (Å²) in [5.41, 5.74) is 6.69. The van der Waals surface area contributed by atoms with Gasteiger partial charge < -0.3 is 10.1 Å². The third-order valence-electron chi connectivity index (χ3n) is 5.65. The first-order valence-electron chi connectivity index (χ1n) is 10.4. The Labute approximate surface area is 172 Å². The second-order valence-electron chi connectivity index (χ2n) is 8.29. The lowest BCUT2D eigenvalue weighted by molar-refractivity contribution is 0.414. The van der Waals surface area contributed by atoms with Crippen LogP contribution in [0, 0.1) is 11.7 Å². The van der Waals surface area contributed by atoms with E-state index >= 15 is 0 Å². The number of hydrogen-bond acceptors (Lipinski definition) is 2. The van der Waals surface area contributed by atoms with Gasteiger partial charge in [0.15, 0.2) is 0 Å². The lowest BCUT2D eigenvalue weighted by Crippen LogP contribution is -2.18. The number of fused-ring (bicyclic) bond motifs is 1. The molecule has 0 aromatic heterocycles. The summed E-state index contributed by atoms with van der Waals surface area (Å²) in [4.78, 5) is 0. The number of halogens is 1. The number of methoxy groups -OCH3 is 1. The molecule has 0 saturated carbocycles. The summed E-state index contributed by atoms with van der Waals surface area (Å²) < 4.78 is 19.5. The molecule has 3 aromatic carbocycles. The summed E-state index contributed by atoms with van der Waals surface area (Å²) in [5, 5.41) is 3.72. The second-order valence-corrected chi connectivity index (χ2v) is 8.29. The predicted octanol–water partition coefficient (Wildman–Crippen LogP) is 6.80. The van der Waals surface area contributed by atoms with Crippen molar-refractivity contribution < 1.29 is 9.13 Å². The van der Waals surface area contributed by atoms with Gasteiger partial charge in [-0.2, -0.15) is 0 Å². The molecule has 3 aromatic rings. The summed E-state index contributed by atoms with van der Waals surface area (Å²) in [6.07, 6.45) is 3.23. The van der Waals surface area contributed by atoms with Crippen LogP contribution < -0.4 is 10.1 Å². The van der Waals surface area contributed by atoms with E-state index < -0.39 is 0 Å². The number of aryl methyl sites for hydroxylation is 1. The van der Waals surface area contributed by atoms with Gasteiger partial charge in [-0.3, -0.25) is 0 Å². The molecule has 0 fully saturated rings. The highest BCUT2D eigenvalue weighted by atomic mass is 19.1. The van der Waals surface area contributed by atoms with E-state index in [-0.39, 0.29) is 11.9 Å². The number of benzene rings is 3. The molecule has 1 aliphatic heterocycles. The summed E-state index contributed by atoms with van der Waals surface area (Å²) in [6, 6.07) is 20.2. The van der Waals surface area contributed by atoms with Crippen LogP contribution in [0.1, 0.15) is 43.0 Å². The summed E-state index contributed by atoms with van der Waals surface area (Å²) >= 11 is 0. The molecule has 1 unspecified atom stereocenters. The van der Waals surface area contributed by atoms with E-state index in [1.807, 2.05) is 12.1 Å². The van der Waals surface area contributed by atoms with Crippen LogP contribution in [0.25, 0.3) is 11.1 Å². The third kappa shape index (κ3) is 4.29. The topological polar surface area (TPSA) is 21.3 Å². The Balaban J connectivity index is 1.55. The van der Waals surface area contributed by atoms with Crippen molar-refractivity contribution in [3.63, 3.8) is 0 Å². The first kappa shape index (κ1) is 19.5. The molecule has 3 heteroatoms. The maximum absolute atomic E-state index is 14.3. The minimum Gasteiger partial charge on any atom is -0.497 e. The van der Waals surface area contributed by atoms with Crippen molar-refractivity contribution in [1.29, 1.82) is 0 Å². The molecule has 0 aliphatic carbocycles. The highest BCUT2D eigenvalue weighted by molar-refractivity contribution is 5.66. The van der Waals surface area contributed by atoms with E-state index in [0.717, 1.165) is 24.8 Å². The van der Waals surface area contributed by atoms with E-state index in [9.17, 15) is 4.39 Å². The Hall–Kier alpha value is -2.81. The number of nitrogens with one attached hydrogen (secondary N) is 1. The minimum atomic E-state index is -0.235. The summed E-state index contributed by atoms with van der Waals surface area (Å²) in [7, 11) is 1.60. The van der Waals surface area contributed by atoms with Crippen LogP contribution in [-0.4, -0.2) is 7.11 Å². The average Bonchev–Trinajstić information content (AvgIpc) is 2.73. The molecule has 0 spiro atoms. The largest absolute Gasteiger partial charge is 0.497 e. The lowest BCUT2D eigenvalue weighted by atomic mass is 9.90. The van der Waals surface area contributed by atoms with Gasteiger partial charge in [0.25, 0.3) is 0 Å². The maximum atomic E-state index is 14.3. The van der Waals surface area contributed by atoms with Gasteiger partial charge in [-0.15, -0.1) is 0 Å². The standard InChI is InChI=1S/C26H28FNO/c1-17(2)14-18-4-5-21-10-13-25(28-26(21)15-18)20-8-6-19(7-9-20)23-16-22(29-3)11-12-24(23)27/h4-9,11-12,15-17,25,28H,10,13-14H2,1-3H3. The molecule has 0 amide bonds. The van der Waals surface area contributed by atoms with Gasteiger partial charge in [-0.05, 0) is 71.7 Å². The Morgan fingerprint density at radius 3 is 2.55 bits per heavy atom. The number of hydrogen-bond donors (Lipinski definition) is 1. The monoisotopic (exact) mass is 389 g/mol. The molecule has 29 heavy (non-hydrogen) atoms. The van der Waals surface area contributed by atoms with Crippen LogP contribution in [0.5, 0.6) is 5.75 Å². The van der Waals surface area contributed by atoms with Crippen LogP contribution in [-0.2, 0) is 12.8 Å². The van der Waals surface area contributed by atoms with Gasteiger partial charge in [-0.1, -0.05) is 50.2 Å². The molecule has 1 N–H and O–H groups in total. The van der Waals surface area contributed by atoms with E-state index in [1.54, 1.807) is 19.2 Å². The highest BCUT2D eigenvalue weighted by Gasteiger charge is 2.20. The first-order chi connectivity index (χ1) is 14.0. The molecule has 150 valence electrons. The van der Waals surface area contributed by atoms with E-state index in [1.165, 1.54) is 28.4 Å². The normalized spacial score (nSPS) is 15.7. The van der Waals surface area contributed by atoms with Crippen LogP contribution in [0.15, 0.2) is 60.7 Å². The molecule has 1 atom stereocenters. The van der Waals surface area contributed by atoms with Crippen molar-refractivity contribution in [1.82, 2.24) is 0 Å². The molecule has 0 saturated heterocycles. The van der Waals surface area contributed by atoms with Gasteiger partial charge in [0.05, 0.1) is 13.2 Å². The quantitative estimate of drug-likeness (QED) is 0.518. The zero-order valence-corrected chi connectivity index (χ0v) is 17.3. The van der Waals surface area contributed by atoms with Crippen molar-refractivity contribution in [3.05, 3.63) is 83.2 Å². The second kappa shape index (κ2) is 8.28. The fraction of sp³-hybridized carbons (Fsp3) is 0.308. The van der Waals surface area contributed by atoms with Crippen molar-refractivity contribution in [2.75, 3.05) is 12.4 Å². The minimum absolute atomic E-state index is 0.235. The average molecular weight is 390 g/mol. The predicted molar refractivity (Wildman–Crippen MR) is 118 cm³/mol. The Morgan fingerprint density at radius 2 is 1.83 bits per heavy atom. The fourth-order valence-electron chi connectivity index (χ4n) is 4.13. The molecule has 1 heterocycles. The zero-order chi connectivity index (χ0) is 20.4. The molecule has 4 rings (SSSR count). The fourth-order valence-corrected chi connectivity index (χ4v) is 4.13. The smallest absolute Gasteiger partial charge is 0.131 e. The van der Waals surface area contributed by atoms with Gasteiger partial charge in [0, 0.05) is 11.3 Å². The van der Waals surface area contributed by atoms with Crippen LogP contribution in [0.3, 0.4) is 0 Å². The van der Waals surface area contributed by atoms with Gasteiger partial charge in [0.2, 0.25) is 0 Å². The first-order valence-corrected chi connectivity index (χ1v) is 10.4. The number of rotatable bonds is 5. The molecule has 0 bridgehead atoms. The Morgan fingerprint density at radius 1 is 1.03 bits per heavy atom. The Kier molecular flexibility index (Phi) is 5.57. The van der Waals surface area contributed by atoms with Crippen LogP contribution in [0.2, 0.25) is 0 Å². The van der Waals surface area contributed by atoms with Gasteiger partial charge in [-0.25, -0.2) is 4.39 Å². The molecule has 1 aliphatic rings. The Bertz CT molecular complexity index is 994. The van der Waals surface area contributed by atoms with Gasteiger partial charge >= 0.3 is 0 Å². The molecular formula is C26H28FNO. The van der Waals surface area contributed by atoms with Crippen molar-refractivity contribution in [2.45, 2.75) is 39.2 Å². The van der Waals surface area contributed by atoms with Gasteiger partial charge in [0.1, 0.15) is 11.6 Å². The maximum Gasteiger partial charge on any atom is 0.131 e. The van der Waals surface area contributed by atoms with Crippen molar-refractivity contribution in [2.24, 2.45) is 5.92 Å². The molecule has 2 nitrogen and oxygen atoms in total. The third-order valence-corrected chi connectivity index (χ3v) is 5.65. The SMILES string of the molecule is COc1ccc(F)c(-c2ccc(C3CCc4ccc(CC(C)C)cc4N3)cc2)c1.